The molecule has 1 atom stereocenters. The van der Waals surface area contributed by atoms with E-state index in [1.165, 1.54) is 7.11 Å². The molecule has 0 amide bonds. The molecule has 0 aliphatic heterocycles. The second kappa shape index (κ2) is 5.02. The molecule has 84 valence electrons. The van der Waals surface area contributed by atoms with Crippen LogP contribution in [0.15, 0.2) is 12.1 Å². The SMILES string of the molecule is COCC(C)Nc1c(F)cc(F)cc1F. The fraction of sp³-hybridized carbons (Fsp3) is 0.400. The largest absolute Gasteiger partial charge is 0.383 e. The van der Waals surface area contributed by atoms with Gasteiger partial charge in [-0.2, -0.15) is 0 Å². The van der Waals surface area contributed by atoms with E-state index < -0.39 is 17.5 Å². The van der Waals surface area contributed by atoms with Gasteiger partial charge < -0.3 is 10.1 Å². The van der Waals surface area contributed by atoms with Crippen LogP contribution in [-0.2, 0) is 4.74 Å². The Kier molecular flexibility index (Phi) is 3.96. The highest BCUT2D eigenvalue weighted by Gasteiger charge is 2.13. The Balaban J connectivity index is 2.85. The summed E-state index contributed by atoms with van der Waals surface area (Å²) in [6, 6.07) is 1.00. The van der Waals surface area contributed by atoms with Crippen LogP contribution in [0.1, 0.15) is 6.92 Å². The number of rotatable bonds is 4. The summed E-state index contributed by atoms with van der Waals surface area (Å²) in [5.74, 6) is -2.83. The summed E-state index contributed by atoms with van der Waals surface area (Å²) in [5.41, 5.74) is -0.332. The van der Waals surface area contributed by atoms with Crippen LogP contribution in [0.3, 0.4) is 0 Å². The molecular formula is C10H12F3NO. The van der Waals surface area contributed by atoms with E-state index >= 15 is 0 Å². The third-order valence-corrected chi connectivity index (χ3v) is 1.81. The molecule has 2 nitrogen and oxygen atoms in total. The van der Waals surface area contributed by atoms with E-state index in [1.54, 1.807) is 6.92 Å². The first kappa shape index (κ1) is 11.8. The maximum absolute atomic E-state index is 13.1. The van der Waals surface area contributed by atoms with Crippen LogP contribution in [0.5, 0.6) is 0 Å². The van der Waals surface area contributed by atoms with Crippen molar-refractivity contribution in [1.82, 2.24) is 0 Å². The highest BCUT2D eigenvalue weighted by Crippen LogP contribution is 2.20. The zero-order valence-electron chi connectivity index (χ0n) is 8.48. The summed E-state index contributed by atoms with van der Waals surface area (Å²) < 4.78 is 43.6. The van der Waals surface area contributed by atoms with Gasteiger partial charge in [0, 0.05) is 25.3 Å². The number of ether oxygens (including phenoxy) is 1. The molecule has 0 aliphatic rings. The molecule has 0 saturated carbocycles. The lowest BCUT2D eigenvalue weighted by Crippen LogP contribution is -2.22. The van der Waals surface area contributed by atoms with Crippen molar-refractivity contribution in [3.63, 3.8) is 0 Å². The topological polar surface area (TPSA) is 21.3 Å². The lowest BCUT2D eigenvalue weighted by Gasteiger charge is -2.15. The molecule has 1 rings (SSSR count). The number of nitrogens with one attached hydrogen (secondary N) is 1. The Labute approximate surface area is 86.1 Å². The smallest absolute Gasteiger partial charge is 0.152 e. The van der Waals surface area contributed by atoms with Crippen molar-refractivity contribution in [3.8, 4) is 0 Å². The van der Waals surface area contributed by atoms with Crippen LogP contribution in [-0.4, -0.2) is 19.8 Å². The zero-order valence-corrected chi connectivity index (χ0v) is 8.48. The average molecular weight is 219 g/mol. The monoisotopic (exact) mass is 219 g/mol. The van der Waals surface area contributed by atoms with Crippen LogP contribution in [0, 0.1) is 17.5 Å². The van der Waals surface area contributed by atoms with Crippen LogP contribution >= 0.6 is 0 Å². The molecule has 0 radical (unpaired) electrons. The predicted octanol–water partition coefficient (Wildman–Crippen LogP) is 2.55. The van der Waals surface area contributed by atoms with Gasteiger partial charge in [-0.05, 0) is 6.92 Å². The predicted molar refractivity (Wildman–Crippen MR) is 51.3 cm³/mol. The van der Waals surface area contributed by atoms with Crippen molar-refractivity contribution < 1.29 is 17.9 Å². The zero-order chi connectivity index (χ0) is 11.4. The molecule has 1 aromatic carbocycles. The molecule has 1 N–H and O–H groups in total. The highest BCUT2D eigenvalue weighted by atomic mass is 19.1. The minimum absolute atomic E-state index is 0.260. The van der Waals surface area contributed by atoms with Gasteiger partial charge in [-0.25, -0.2) is 13.2 Å². The van der Waals surface area contributed by atoms with Gasteiger partial charge in [0.05, 0.1) is 6.61 Å². The van der Waals surface area contributed by atoms with E-state index in [0.717, 1.165) is 0 Å². The minimum Gasteiger partial charge on any atom is -0.383 e. The minimum atomic E-state index is -0.949. The third kappa shape index (κ3) is 3.13. The van der Waals surface area contributed by atoms with Crippen LogP contribution in [0.2, 0.25) is 0 Å². The van der Waals surface area contributed by atoms with Crippen LogP contribution < -0.4 is 5.32 Å². The van der Waals surface area contributed by atoms with Gasteiger partial charge in [0.25, 0.3) is 0 Å². The van der Waals surface area contributed by atoms with Crippen molar-refractivity contribution in [3.05, 3.63) is 29.6 Å². The standard InChI is InChI=1S/C10H12F3NO/c1-6(5-15-2)14-10-8(12)3-7(11)4-9(10)13/h3-4,6,14H,5H2,1-2H3. The van der Waals surface area contributed by atoms with Gasteiger partial charge in [0.1, 0.15) is 11.5 Å². The van der Waals surface area contributed by atoms with E-state index in [2.05, 4.69) is 5.32 Å². The van der Waals surface area contributed by atoms with Gasteiger partial charge in [0.2, 0.25) is 0 Å². The number of hydrogen-bond acceptors (Lipinski definition) is 2. The Morgan fingerprint density at radius 3 is 2.27 bits per heavy atom. The van der Waals surface area contributed by atoms with E-state index in [-0.39, 0.29) is 11.7 Å². The van der Waals surface area contributed by atoms with E-state index in [9.17, 15) is 13.2 Å². The highest BCUT2D eigenvalue weighted by molar-refractivity contribution is 5.47. The molecular weight excluding hydrogens is 207 g/mol. The Hall–Kier alpha value is -1.23. The lowest BCUT2D eigenvalue weighted by molar-refractivity contribution is 0.190. The van der Waals surface area contributed by atoms with E-state index in [4.69, 9.17) is 4.74 Å². The Morgan fingerprint density at radius 1 is 1.27 bits per heavy atom. The molecule has 1 unspecified atom stereocenters. The molecule has 0 aliphatic carbocycles. The molecule has 0 aromatic heterocycles. The van der Waals surface area contributed by atoms with Gasteiger partial charge in [-0.3, -0.25) is 0 Å². The summed E-state index contributed by atoms with van der Waals surface area (Å²) in [6.45, 7) is 2.00. The third-order valence-electron chi connectivity index (χ3n) is 1.81. The molecule has 15 heavy (non-hydrogen) atoms. The van der Waals surface area contributed by atoms with Crippen molar-refractivity contribution in [2.75, 3.05) is 19.0 Å². The second-order valence-corrected chi connectivity index (χ2v) is 3.25. The van der Waals surface area contributed by atoms with Gasteiger partial charge in [-0.1, -0.05) is 0 Å². The molecule has 0 fully saturated rings. The molecule has 1 aromatic rings. The van der Waals surface area contributed by atoms with E-state index in [0.29, 0.717) is 18.7 Å². The van der Waals surface area contributed by atoms with E-state index in [1.807, 2.05) is 0 Å². The van der Waals surface area contributed by atoms with Crippen LogP contribution in [0.25, 0.3) is 0 Å². The Morgan fingerprint density at radius 2 is 1.80 bits per heavy atom. The molecule has 0 heterocycles. The van der Waals surface area contributed by atoms with Crippen molar-refractivity contribution in [2.24, 2.45) is 0 Å². The number of benzene rings is 1. The maximum Gasteiger partial charge on any atom is 0.152 e. The quantitative estimate of drug-likeness (QED) is 0.840. The van der Waals surface area contributed by atoms with Crippen molar-refractivity contribution >= 4 is 5.69 Å². The van der Waals surface area contributed by atoms with Crippen molar-refractivity contribution in [1.29, 1.82) is 0 Å². The van der Waals surface area contributed by atoms with Gasteiger partial charge in [-0.15, -0.1) is 0 Å². The Bertz CT molecular complexity index is 320. The molecule has 0 saturated heterocycles. The van der Waals surface area contributed by atoms with Gasteiger partial charge >= 0.3 is 0 Å². The lowest BCUT2D eigenvalue weighted by atomic mass is 10.2. The summed E-state index contributed by atoms with van der Waals surface area (Å²) in [6.07, 6.45) is 0. The first-order valence-corrected chi connectivity index (χ1v) is 4.44. The fourth-order valence-corrected chi connectivity index (χ4v) is 1.22. The summed E-state index contributed by atoms with van der Waals surface area (Å²) in [7, 11) is 1.48. The van der Waals surface area contributed by atoms with Crippen molar-refractivity contribution in [2.45, 2.75) is 13.0 Å². The number of methoxy groups -OCH3 is 1. The first-order chi connectivity index (χ1) is 7.04. The fourth-order valence-electron chi connectivity index (χ4n) is 1.22. The molecule has 0 spiro atoms. The molecule has 5 heteroatoms. The second-order valence-electron chi connectivity index (χ2n) is 3.25. The molecule has 0 bridgehead atoms. The summed E-state index contributed by atoms with van der Waals surface area (Å²) in [5, 5.41) is 2.56. The number of halogens is 3. The normalized spacial score (nSPS) is 12.6. The summed E-state index contributed by atoms with van der Waals surface area (Å²) >= 11 is 0. The average Bonchev–Trinajstić information content (AvgIpc) is 2.11. The number of anilines is 1. The maximum atomic E-state index is 13.1. The van der Waals surface area contributed by atoms with Gasteiger partial charge in [0.15, 0.2) is 11.6 Å². The first-order valence-electron chi connectivity index (χ1n) is 4.44. The summed E-state index contributed by atoms with van der Waals surface area (Å²) in [4.78, 5) is 0. The number of hydrogen-bond donors (Lipinski definition) is 1. The van der Waals surface area contributed by atoms with Crippen LogP contribution in [0.4, 0.5) is 18.9 Å².